The summed E-state index contributed by atoms with van der Waals surface area (Å²) >= 11 is 11.1. The van der Waals surface area contributed by atoms with E-state index in [9.17, 15) is 4.39 Å². The molecule has 0 spiro atoms. The van der Waals surface area contributed by atoms with Crippen molar-refractivity contribution in [1.82, 2.24) is 4.98 Å². The van der Waals surface area contributed by atoms with Crippen molar-refractivity contribution in [2.75, 3.05) is 0 Å². The molecule has 0 bridgehead atoms. The second-order valence-corrected chi connectivity index (χ2v) is 3.56. The lowest BCUT2D eigenvalue weighted by molar-refractivity contribution is 0.528. The third kappa shape index (κ3) is 2.13. The van der Waals surface area contributed by atoms with Crippen LogP contribution in [0.5, 0.6) is 0 Å². The molecular formula is C10H6Cl2FNO. The van der Waals surface area contributed by atoms with Gasteiger partial charge in [-0.05, 0) is 18.2 Å². The quantitative estimate of drug-likeness (QED) is 0.751. The smallest absolute Gasteiger partial charge is 0.209 e. The molecule has 2 aromatic rings. The van der Waals surface area contributed by atoms with E-state index in [0.717, 1.165) is 0 Å². The lowest BCUT2D eigenvalue weighted by atomic mass is 10.2. The summed E-state index contributed by atoms with van der Waals surface area (Å²) in [5.74, 6) is 0.581. The van der Waals surface area contributed by atoms with Crippen LogP contribution < -0.4 is 0 Å². The summed E-state index contributed by atoms with van der Waals surface area (Å²) in [5, 5.41) is 0.0795. The zero-order valence-corrected chi connectivity index (χ0v) is 9.02. The molecule has 0 amide bonds. The first-order valence-electron chi connectivity index (χ1n) is 4.17. The first-order valence-corrected chi connectivity index (χ1v) is 5.08. The molecule has 0 radical (unpaired) electrons. The molecule has 1 aromatic carbocycles. The molecule has 1 heterocycles. The molecule has 0 aliphatic heterocycles. The fourth-order valence-electron chi connectivity index (χ4n) is 1.15. The van der Waals surface area contributed by atoms with E-state index in [1.807, 2.05) is 0 Å². The van der Waals surface area contributed by atoms with Crippen LogP contribution in [-0.2, 0) is 5.88 Å². The number of rotatable bonds is 2. The number of nitrogens with zero attached hydrogens (tertiary/aromatic N) is 1. The second kappa shape index (κ2) is 4.21. The highest BCUT2D eigenvalue weighted by Gasteiger charge is 2.08. The van der Waals surface area contributed by atoms with Gasteiger partial charge >= 0.3 is 0 Å². The Balaban J connectivity index is 2.40. The summed E-state index contributed by atoms with van der Waals surface area (Å²) < 4.78 is 18.4. The maximum Gasteiger partial charge on any atom is 0.209 e. The number of alkyl halides is 1. The van der Waals surface area contributed by atoms with E-state index in [4.69, 9.17) is 27.6 Å². The van der Waals surface area contributed by atoms with Crippen LogP contribution in [0.15, 0.2) is 28.8 Å². The summed E-state index contributed by atoms with van der Waals surface area (Å²) in [6, 6.07) is 4.42. The molecular weight excluding hydrogens is 240 g/mol. The van der Waals surface area contributed by atoms with Crippen molar-refractivity contribution >= 4 is 23.2 Å². The first kappa shape index (κ1) is 10.5. The van der Waals surface area contributed by atoms with Crippen LogP contribution in [0, 0.1) is 5.82 Å². The minimum Gasteiger partial charge on any atom is -0.439 e. The van der Waals surface area contributed by atoms with E-state index in [0.29, 0.717) is 17.2 Å². The van der Waals surface area contributed by atoms with Gasteiger partial charge in [0.2, 0.25) is 5.89 Å². The van der Waals surface area contributed by atoms with E-state index < -0.39 is 5.82 Å². The van der Waals surface area contributed by atoms with Gasteiger partial charge in [0.1, 0.15) is 5.82 Å². The number of aromatic nitrogens is 1. The number of hydrogen-bond donors (Lipinski definition) is 0. The molecule has 0 aliphatic rings. The van der Waals surface area contributed by atoms with Crippen LogP contribution in [0.3, 0.4) is 0 Å². The maximum atomic E-state index is 13.1. The third-order valence-corrected chi connectivity index (χ3v) is 2.41. The predicted molar refractivity (Wildman–Crippen MR) is 56.5 cm³/mol. The molecule has 0 fully saturated rings. The molecule has 78 valence electrons. The number of oxazole rings is 1. The molecule has 2 nitrogen and oxygen atoms in total. The molecule has 2 rings (SSSR count). The zero-order valence-electron chi connectivity index (χ0n) is 7.51. The molecule has 15 heavy (non-hydrogen) atoms. The summed E-state index contributed by atoms with van der Waals surface area (Å²) in [4.78, 5) is 3.91. The van der Waals surface area contributed by atoms with Crippen molar-refractivity contribution in [3.8, 4) is 11.3 Å². The highest BCUT2D eigenvalue weighted by molar-refractivity contribution is 6.30. The van der Waals surface area contributed by atoms with Gasteiger partial charge in [0.25, 0.3) is 0 Å². The number of benzene rings is 1. The topological polar surface area (TPSA) is 26.0 Å². The summed E-state index contributed by atoms with van der Waals surface area (Å²) in [7, 11) is 0. The average Bonchev–Trinajstić information content (AvgIpc) is 2.70. The molecule has 1 aromatic heterocycles. The first-order chi connectivity index (χ1) is 7.20. The van der Waals surface area contributed by atoms with Gasteiger partial charge in [0, 0.05) is 5.56 Å². The lowest BCUT2D eigenvalue weighted by Crippen LogP contribution is -1.79. The van der Waals surface area contributed by atoms with Crippen LogP contribution in [0.1, 0.15) is 5.89 Å². The molecule has 0 saturated carbocycles. The van der Waals surface area contributed by atoms with Crippen LogP contribution >= 0.6 is 23.2 Å². The van der Waals surface area contributed by atoms with Crippen molar-refractivity contribution in [2.24, 2.45) is 0 Å². The van der Waals surface area contributed by atoms with Crippen molar-refractivity contribution < 1.29 is 8.81 Å². The molecule has 0 atom stereocenters. The molecule has 5 heteroatoms. The van der Waals surface area contributed by atoms with Gasteiger partial charge in [-0.1, -0.05) is 11.6 Å². The highest BCUT2D eigenvalue weighted by Crippen LogP contribution is 2.25. The van der Waals surface area contributed by atoms with Gasteiger partial charge in [0.15, 0.2) is 5.76 Å². The Hall–Kier alpha value is -1.06. The van der Waals surface area contributed by atoms with Crippen LogP contribution in [0.25, 0.3) is 11.3 Å². The van der Waals surface area contributed by atoms with Gasteiger partial charge in [0.05, 0.1) is 17.1 Å². The van der Waals surface area contributed by atoms with Gasteiger partial charge in [-0.25, -0.2) is 9.37 Å². The minimum atomic E-state index is -0.488. The molecule has 0 aliphatic carbocycles. The monoisotopic (exact) mass is 245 g/mol. The van der Waals surface area contributed by atoms with Gasteiger partial charge < -0.3 is 4.42 Å². The van der Waals surface area contributed by atoms with E-state index in [-0.39, 0.29) is 10.9 Å². The number of halogens is 3. The van der Waals surface area contributed by atoms with Crippen LogP contribution in [0.4, 0.5) is 4.39 Å². The highest BCUT2D eigenvalue weighted by atomic mass is 35.5. The van der Waals surface area contributed by atoms with Crippen molar-refractivity contribution in [2.45, 2.75) is 5.88 Å². The Morgan fingerprint density at radius 3 is 2.80 bits per heavy atom. The van der Waals surface area contributed by atoms with Crippen LogP contribution in [0.2, 0.25) is 5.02 Å². The van der Waals surface area contributed by atoms with E-state index >= 15 is 0 Å². The Bertz CT molecular complexity index is 484. The Labute approximate surface area is 95.6 Å². The van der Waals surface area contributed by atoms with E-state index in [1.54, 1.807) is 6.07 Å². The van der Waals surface area contributed by atoms with Crippen molar-refractivity contribution in [3.05, 3.63) is 41.1 Å². The summed E-state index contributed by atoms with van der Waals surface area (Å²) in [6.45, 7) is 0. The largest absolute Gasteiger partial charge is 0.439 e. The van der Waals surface area contributed by atoms with Crippen LogP contribution in [-0.4, -0.2) is 4.98 Å². The predicted octanol–water partition coefficient (Wildman–Crippen LogP) is 3.87. The SMILES string of the molecule is Fc1cc(-c2cnc(CCl)o2)ccc1Cl. The van der Waals surface area contributed by atoms with Gasteiger partial charge in [-0.15, -0.1) is 11.6 Å². The summed E-state index contributed by atoms with van der Waals surface area (Å²) in [6.07, 6.45) is 1.50. The summed E-state index contributed by atoms with van der Waals surface area (Å²) in [5.41, 5.74) is 0.584. The average molecular weight is 246 g/mol. The molecule has 0 unspecified atom stereocenters. The molecule has 0 N–H and O–H groups in total. The Morgan fingerprint density at radius 1 is 1.40 bits per heavy atom. The standard InChI is InChI=1S/C10H6Cl2FNO/c11-4-10-14-5-9(15-10)6-1-2-7(12)8(13)3-6/h1-3,5H,4H2. The molecule has 0 saturated heterocycles. The Morgan fingerprint density at radius 2 is 2.20 bits per heavy atom. The van der Waals surface area contributed by atoms with E-state index in [2.05, 4.69) is 4.98 Å². The van der Waals surface area contributed by atoms with Crippen molar-refractivity contribution in [1.29, 1.82) is 0 Å². The maximum absolute atomic E-state index is 13.1. The van der Waals surface area contributed by atoms with Gasteiger partial charge in [-0.3, -0.25) is 0 Å². The number of hydrogen-bond acceptors (Lipinski definition) is 2. The minimum absolute atomic E-state index is 0.0795. The fraction of sp³-hybridized carbons (Fsp3) is 0.100. The van der Waals surface area contributed by atoms with Gasteiger partial charge in [-0.2, -0.15) is 0 Å². The normalized spacial score (nSPS) is 10.6. The lowest BCUT2D eigenvalue weighted by Gasteiger charge is -1.97. The fourth-order valence-corrected chi connectivity index (χ4v) is 1.40. The Kier molecular flexibility index (Phi) is 2.93. The van der Waals surface area contributed by atoms with Crippen molar-refractivity contribution in [3.63, 3.8) is 0 Å². The zero-order chi connectivity index (χ0) is 10.8. The van der Waals surface area contributed by atoms with E-state index in [1.165, 1.54) is 18.3 Å². The third-order valence-electron chi connectivity index (χ3n) is 1.87. The second-order valence-electron chi connectivity index (χ2n) is 2.88.